The summed E-state index contributed by atoms with van der Waals surface area (Å²) in [6.45, 7) is 10.2. The Morgan fingerprint density at radius 1 is 0.700 bits per heavy atom. The third-order valence-corrected chi connectivity index (χ3v) is 2.72. The van der Waals surface area contributed by atoms with Gasteiger partial charge in [-0.25, -0.2) is 0 Å². The molecule has 0 fully saturated rings. The van der Waals surface area contributed by atoms with E-state index in [-0.39, 0.29) is 0 Å². The summed E-state index contributed by atoms with van der Waals surface area (Å²) in [5.41, 5.74) is 3.79. The van der Waals surface area contributed by atoms with Crippen molar-refractivity contribution in [1.82, 2.24) is 0 Å². The van der Waals surface area contributed by atoms with Crippen LogP contribution in [0.25, 0.3) is 0 Å². The zero-order chi connectivity index (χ0) is 16.0. The van der Waals surface area contributed by atoms with E-state index < -0.39 is 0 Å². The highest BCUT2D eigenvalue weighted by atomic mass is 127. The number of halogens is 2. The van der Waals surface area contributed by atoms with Crippen LogP contribution in [0.15, 0.2) is 48.5 Å². The molecule has 0 heterocycles. The second-order valence-corrected chi connectivity index (χ2v) is 4.31. The highest BCUT2D eigenvalue weighted by Crippen LogP contribution is 2.11. The third-order valence-electron chi connectivity index (χ3n) is 2.29. The average molecular weight is 405 g/mol. The summed E-state index contributed by atoms with van der Waals surface area (Å²) >= 11 is 7.86. The molecule has 0 unspecified atom stereocenters. The molecule has 2 aromatic rings. The van der Waals surface area contributed by atoms with Gasteiger partial charge in [-0.2, -0.15) is 0 Å². The predicted molar refractivity (Wildman–Crippen MR) is 103 cm³/mol. The molecule has 0 radical (unpaired) electrons. The molecule has 2 rings (SSSR count). The summed E-state index contributed by atoms with van der Waals surface area (Å²) in [6, 6.07) is 16.3. The molecule has 0 aliphatic carbocycles. The molecule has 0 N–H and O–H groups in total. The van der Waals surface area contributed by atoms with Crippen molar-refractivity contribution in [3.63, 3.8) is 0 Å². The Morgan fingerprint density at radius 3 is 1.30 bits per heavy atom. The van der Waals surface area contributed by atoms with Crippen molar-refractivity contribution in [1.29, 1.82) is 0 Å². The van der Waals surface area contributed by atoms with Gasteiger partial charge in [-0.05, 0) is 37.3 Å². The maximum Gasteiger partial charge on any atom is 0.0435 e. The molecular formula is C18H26ClI. The van der Waals surface area contributed by atoms with E-state index in [1.165, 1.54) is 11.1 Å². The van der Waals surface area contributed by atoms with Crippen molar-refractivity contribution >= 4 is 34.2 Å². The molecule has 0 saturated carbocycles. The minimum atomic E-state index is 0.840. The monoisotopic (exact) mass is 404 g/mol. The SMILES string of the molecule is CC.CI.Cc1ccc(C)cc1.Cc1ccccc1Cl. The number of hydrogen-bond donors (Lipinski definition) is 0. The van der Waals surface area contributed by atoms with E-state index in [2.05, 4.69) is 60.7 Å². The summed E-state index contributed by atoms with van der Waals surface area (Å²) in [7, 11) is 0. The van der Waals surface area contributed by atoms with Gasteiger partial charge in [-0.15, -0.1) is 0 Å². The van der Waals surface area contributed by atoms with Gasteiger partial charge >= 0.3 is 0 Å². The van der Waals surface area contributed by atoms with Crippen LogP contribution in [0.1, 0.15) is 30.5 Å². The number of aryl methyl sites for hydroxylation is 3. The molecule has 0 nitrogen and oxygen atoms in total. The van der Waals surface area contributed by atoms with Crippen LogP contribution in [0.3, 0.4) is 0 Å². The van der Waals surface area contributed by atoms with Crippen LogP contribution in [0.4, 0.5) is 0 Å². The first-order valence-corrected chi connectivity index (χ1v) is 9.25. The van der Waals surface area contributed by atoms with E-state index in [9.17, 15) is 0 Å². The van der Waals surface area contributed by atoms with Crippen molar-refractivity contribution in [2.75, 3.05) is 4.93 Å². The van der Waals surface area contributed by atoms with Gasteiger partial charge in [0.1, 0.15) is 0 Å². The summed E-state index contributed by atoms with van der Waals surface area (Å²) < 4.78 is 0. The lowest BCUT2D eigenvalue weighted by molar-refractivity contribution is 1.40. The van der Waals surface area contributed by atoms with Crippen LogP contribution >= 0.6 is 34.2 Å². The summed E-state index contributed by atoms with van der Waals surface area (Å²) in [6.07, 6.45) is 0. The lowest BCUT2D eigenvalue weighted by Gasteiger charge is -1.90. The highest BCUT2D eigenvalue weighted by Gasteiger charge is 1.86. The summed E-state index contributed by atoms with van der Waals surface area (Å²) in [5, 5.41) is 0.840. The van der Waals surface area contributed by atoms with E-state index in [0.29, 0.717) is 0 Å². The molecule has 112 valence electrons. The second-order valence-electron chi connectivity index (χ2n) is 3.90. The fourth-order valence-electron chi connectivity index (χ4n) is 1.19. The van der Waals surface area contributed by atoms with Gasteiger partial charge in [-0.3, -0.25) is 0 Å². The van der Waals surface area contributed by atoms with Crippen LogP contribution in [0, 0.1) is 20.8 Å². The zero-order valence-electron chi connectivity index (χ0n) is 13.4. The third kappa shape index (κ3) is 11.3. The smallest absolute Gasteiger partial charge is 0.0435 e. The molecule has 2 aromatic carbocycles. The van der Waals surface area contributed by atoms with E-state index >= 15 is 0 Å². The minimum absolute atomic E-state index is 0.840. The molecule has 0 amide bonds. The normalized spacial score (nSPS) is 8.00. The average Bonchev–Trinajstić information content (AvgIpc) is 2.50. The van der Waals surface area contributed by atoms with Gasteiger partial charge in [0.25, 0.3) is 0 Å². The molecule has 0 spiro atoms. The Bertz CT molecular complexity index is 393. The Balaban J connectivity index is 0. The maximum atomic E-state index is 5.71. The molecule has 20 heavy (non-hydrogen) atoms. The van der Waals surface area contributed by atoms with Crippen molar-refractivity contribution < 1.29 is 0 Å². The van der Waals surface area contributed by atoms with Gasteiger partial charge in [0.05, 0.1) is 0 Å². The summed E-state index contributed by atoms with van der Waals surface area (Å²) in [4.78, 5) is 1.97. The fourth-order valence-corrected chi connectivity index (χ4v) is 1.32. The van der Waals surface area contributed by atoms with Gasteiger partial charge in [0, 0.05) is 5.02 Å². The quantitative estimate of drug-likeness (QED) is 0.326. The molecule has 0 bridgehead atoms. The van der Waals surface area contributed by atoms with Crippen molar-refractivity contribution in [3.8, 4) is 0 Å². The van der Waals surface area contributed by atoms with E-state index in [0.717, 1.165) is 10.6 Å². The molecule has 0 aliphatic rings. The lowest BCUT2D eigenvalue weighted by atomic mass is 10.2. The van der Waals surface area contributed by atoms with Crippen LogP contribution in [-0.2, 0) is 0 Å². The fraction of sp³-hybridized carbons (Fsp3) is 0.333. The molecule has 2 heteroatoms. The standard InChI is InChI=1S/C8H10.C7H7Cl.C2H6.CH3I/c1-7-3-5-8(2)6-4-7;1-6-4-2-3-5-7(6)8;2*1-2/h3-6H,1-2H3;2-5H,1H3;1-2H3;1H3. The molecule has 0 atom stereocenters. The van der Waals surface area contributed by atoms with Crippen molar-refractivity contribution in [2.45, 2.75) is 34.6 Å². The van der Waals surface area contributed by atoms with Crippen molar-refractivity contribution in [3.05, 3.63) is 70.2 Å². The summed E-state index contributed by atoms with van der Waals surface area (Å²) in [5.74, 6) is 0. The predicted octanol–water partition coefficient (Wildman–Crippen LogP) is 7.03. The highest BCUT2D eigenvalue weighted by molar-refractivity contribution is 14.1. The first kappa shape index (κ1) is 21.8. The Morgan fingerprint density at radius 2 is 1.05 bits per heavy atom. The van der Waals surface area contributed by atoms with Gasteiger partial charge < -0.3 is 0 Å². The van der Waals surface area contributed by atoms with E-state index in [1.54, 1.807) is 0 Å². The largest absolute Gasteiger partial charge is 0.0901 e. The van der Waals surface area contributed by atoms with Crippen molar-refractivity contribution in [2.24, 2.45) is 0 Å². The number of alkyl halides is 1. The number of rotatable bonds is 0. The Hall–Kier alpha value is -0.540. The molecule has 0 aliphatic heterocycles. The first-order valence-electron chi connectivity index (χ1n) is 6.72. The lowest BCUT2D eigenvalue weighted by Crippen LogP contribution is -1.70. The molecule has 0 aromatic heterocycles. The van der Waals surface area contributed by atoms with Gasteiger partial charge in [-0.1, -0.05) is 102 Å². The number of hydrogen-bond acceptors (Lipinski definition) is 0. The Labute approximate surface area is 143 Å². The number of benzene rings is 2. The van der Waals surface area contributed by atoms with Crippen LogP contribution < -0.4 is 0 Å². The molecule has 0 saturated heterocycles. The van der Waals surface area contributed by atoms with Gasteiger partial charge in [0.15, 0.2) is 0 Å². The molecular weight excluding hydrogens is 379 g/mol. The zero-order valence-corrected chi connectivity index (χ0v) is 16.3. The van der Waals surface area contributed by atoms with E-state index in [4.69, 9.17) is 11.6 Å². The minimum Gasteiger partial charge on any atom is -0.0901 e. The first-order chi connectivity index (χ1) is 9.59. The topological polar surface area (TPSA) is 0 Å². The van der Waals surface area contributed by atoms with Crippen LogP contribution in [0.2, 0.25) is 5.02 Å². The second kappa shape index (κ2) is 14.9. The van der Waals surface area contributed by atoms with Gasteiger partial charge in [0.2, 0.25) is 0 Å². The van der Waals surface area contributed by atoms with E-state index in [1.807, 2.05) is 50.0 Å². The van der Waals surface area contributed by atoms with Crippen LogP contribution in [-0.4, -0.2) is 4.93 Å². The Kier molecular flexibility index (Phi) is 16.2. The van der Waals surface area contributed by atoms with Crippen LogP contribution in [0.5, 0.6) is 0 Å². The maximum absolute atomic E-state index is 5.71.